The summed E-state index contributed by atoms with van der Waals surface area (Å²) in [4.78, 5) is 14.8. The second-order valence-electron chi connectivity index (χ2n) is 3.10. The van der Waals surface area contributed by atoms with E-state index in [1.54, 1.807) is 6.07 Å². The summed E-state index contributed by atoms with van der Waals surface area (Å²) in [5, 5.41) is 9.76. The van der Waals surface area contributed by atoms with E-state index in [1.807, 2.05) is 0 Å². The minimum absolute atomic E-state index is 0.125. The van der Waals surface area contributed by atoms with E-state index in [0.29, 0.717) is 21.6 Å². The number of nitrogens with two attached hydrogens (primary N) is 1. The van der Waals surface area contributed by atoms with Crippen molar-refractivity contribution in [1.82, 2.24) is 4.98 Å². The third kappa shape index (κ3) is 1.71. The molecule has 0 aliphatic heterocycles. The maximum absolute atomic E-state index is 10.8. The molecule has 2 aromatic rings. The third-order valence-electron chi connectivity index (χ3n) is 2.00. The lowest BCUT2D eigenvalue weighted by Gasteiger charge is -2.02. The fraction of sp³-hybridized carbons (Fsp3) is 0. The quantitative estimate of drug-likeness (QED) is 0.775. The van der Waals surface area contributed by atoms with Gasteiger partial charge in [-0.2, -0.15) is 0 Å². The summed E-state index contributed by atoms with van der Waals surface area (Å²) in [6.45, 7) is 0. The van der Waals surface area contributed by atoms with E-state index in [4.69, 9.17) is 22.4 Å². The molecular formula is C10H7ClN2O2. The van der Waals surface area contributed by atoms with Crippen molar-refractivity contribution in [3.8, 4) is 0 Å². The van der Waals surface area contributed by atoms with Crippen LogP contribution in [0.4, 0.5) is 5.69 Å². The summed E-state index contributed by atoms with van der Waals surface area (Å²) in [6.07, 6.45) is 1.48. The number of halogens is 1. The van der Waals surface area contributed by atoms with Crippen LogP contribution in [-0.4, -0.2) is 16.1 Å². The summed E-state index contributed by atoms with van der Waals surface area (Å²) in [5.41, 5.74) is 6.70. The Labute approximate surface area is 90.3 Å². The van der Waals surface area contributed by atoms with Crippen LogP contribution in [0.2, 0.25) is 5.02 Å². The molecular weight excluding hydrogens is 216 g/mol. The van der Waals surface area contributed by atoms with Crippen LogP contribution in [0.3, 0.4) is 0 Å². The van der Waals surface area contributed by atoms with Gasteiger partial charge >= 0.3 is 5.97 Å². The largest absolute Gasteiger partial charge is 0.478 e. The van der Waals surface area contributed by atoms with Crippen molar-refractivity contribution in [3.63, 3.8) is 0 Å². The van der Waals surface area contributed by atoms with E-state index in [0.717, 1.165) is 0 Å². The van der Waals surface area contributed by atoms with Crippen molar-refractivity contribution >= 4 is 34.2 Å². The number of benzene rings is 1. The Kier molecular flexibility index (Phi) is 2.21. The fourth-order valence-electron chi connectivity index (χ4n) is 1.35. The van der Waals surface area contributed by atoms with Gasteiger partial charge in [-0.3, -0.25) is 4.98 Å². The number of nitrogens with zero attached hydrogens (tertiary/aromatic N) is 1. The number of fused-ring (bicyclic) bond motifs is 1. The van der Waals surface area contributed by atoms with E-state index < -0.39 is 5.97 Å². The summed E-state index contributed by atoms with van der Waals surface area (Å²) in [5.74, 6) is -1.03. The smallest absolute Gasteiger partial charge is 0.335 e. The van der Waals surface area contributed by atoms with E-state index in [1.165, 1.54) is 18.3 Å². The molecule has 0 amide bonds. The summed E-state index contributed by atoms with van der Waals surface area (Å²) >= 11 is 5.89. The minimum atomic E-state index is -1.03. The summed E-state index contributed by atoms with van der Waals surface area (Å²) in [6, 6.07) is 4.50. The lowest BCUT2D eigenvalue weighted by Crippen LogP contribution is -1.97. The predicted molar refractivity (Wildman–Crippen MR) is 58.1 cm³/mol. The number of anilines is 1. The first-order valence-electron chi connectivity index (χ1n) is 4.16. The van der Waals surface area contributed by atoms with Crippen LogP contribution in [0.15, 0.2) is 24.4 Å². The molecule has 0 saturated heterocycles. The molecule has 0 saturated carbocycles. The zero-order valence-electron chi connectivity index (χ0n) is 7.57. The molecule has 0 unspecified atom stereocenters. The van der Waals surface area contributed by atoms with Gasteiger partial charge in [-0.25, -0.2) is 4.79 Å². The molecule has 3 N–H and O–H groups in total. The standard InChI is InChI=1S/C10H7ClN2O2/c11-8-3-6(10(14)15)1-5-2-7(12)4-13-9(5)8/h1-4H,12H2,(H,14,15). The Morgan fingerprint density at radius 3 is 2.80 bits per heavy atom. The lowest BCUT2D eigenvalue weighted by molar-refractivity contribution is 0.0697. The van der Waals surface area contributed by atoms with Gasteiger partial charge < -0.3 is 10.8 Å². The topological polar surface area (TPSA) is 76.2 Å². The number of carboxylic acid groups (broad SMARTS) is 1. The van der Waals surface area contributed by atoms with Gasteiger partial charge in [0.25, 0.3) is 0 Å². The first kappa shape index (κ1) is 9.73. The maximum Gasteiger partial charge on any atom is 0.335 e. The van der Waals surface area contributed by atoms with Crippen LogP contribution in [0, 0.1) is 0 Å². The number of nitrogen functional groups attached to an aromatic ring is 1. The van der Waals surface area contributed by atoms with Gasteiger partial charge in [0, 0.05) is 5.39 Å². The highest BCUT2D eigenvalue weighted by molar-refractivity contribution is 6.35. The van der Waals surface area contributed by atoms with Crippen molar-refractivity contribution in [3.05, 3.63) is 35.0 Å². The minimum Gasteiger partial charge on any atom is -0.478 e. The average molecular weight is 223 g/mol. The van der Waals surface area contributed by atoms with Gasteiger partial charge in [0.15, 0.2) is 0 Å². The second kappa shape index (κ2) is 3.40. The lowest BCUT2D eigenvalue weighted by atomic mass is 10.1. The molecule has 4 nitrogen and oxygen atoms in total. The molecule has 1 aromatic heterocycles. The third-order valence-corrected chi connectivity index (χ3v) is 2.29. The Morgan fingerprint density at radius 2 is 2.13 bits per heavy atom. The molecule has 0 bridgehead atoms. The predicted octanol–water partition coefficient (Wildman–Crippen LogP) is 2.17. The summed E-state index contributed by atoms with van der Waals surface area (Å²) < 4.78 is 0. The number of hydrogen-bond donors (Lipinski definition) is 2. The normalized spacial score (nSPS) is 10.5. The van der Waals surface area contributed by atoms with Crippen LogP contribution >= 0.6 is 11.6 Å². The molecule has 5 heteroatoms. The zero-order valence-corrected chi connectivity index (χ0v) is 8.32. The van der Waals surface area contributed by atoms with Gasteiger partial charge in [-0.15, -0.1) is 0 Å². The highest BCUT2D eigenvalue weighted by atomic mass is 35.5. The van der Waals surface area contributed by atoms with Crippen molar-refractivity contribution in [2.75, 3.05) is 5.73 Å². The molecule has 0 aliphatic rings. The Morgan fingerprint density at radius 1 is 1.40 bits per heavy atom. The SMILES string of the molecule is Nc1cnc2c(Cl)cc(C(=O)O)cc2c1. The molecule has 0 spiro atoms. The van der Waals surface area contributed by atoms with E-state index in [9.17, 15) is 4.79 Å². The Bertz CT molecular complexity index is 554. The van der Waals surface area contributed by atoms with E-state index >= 15 is 0 Å². The molecule has 76 valence electrons. The number of hydrogen-bond acceptors (Lipinski definition) is 3. The van der Waals surface area contributed by atoms with Crippen molar-refractivity contribution in [2.24, 2.45) is 0 Å². The number of carbonyl (C=O) groups is 1. The molecule has 0 fully saturated rings. The first-order valence-corrected chi connectivity index (χ1v) is 4.54. The van der Waals surface area contributed by atoms with Gasteiger partial charge in [0.2, 0.25) is 0 Å². The number of aromatic nitrogens is 1. The molecule has 2 rings (SSSR count). The van der Waals surface area contributed by atoms with Crippen LogP contribution in [0.1, 0.15) is 10.4 Å². The van der Waals surface area contributed by atoms with Crippen LogP contribution in [-0.2, 0) is 0 Å². The van der Waals surface area contributed by atoms with Crippen molar-refractivity contribution in [1.29, 1.82) is 0 Å². The van der Waals surface area contributed by atoms with Gasteiger partial charge in [0.1, 0.15) is 0 Å². The number of carboxylic acids is 1. The van der Waals surface area contributed by atoms with Crippen LogP contribution in [0.5, 0.6) is 0 Å². The Hall–Kier alpha value is -1.81. The maximum atomic E-state index is 10.8. The average Bonchev–Trinajstić information content (AvgIpc) is 2.16. The van der Waals surface area contributed by atoms with Gasteiger partial charge in [-0.05, 0) is 18.2 Å². The molecule has 0 radical (unpaired) electrons. The van der Waals surface area contributed by atoms with E-state index in [2.05, 4.69) is 4.98 Å². The second-order valence-corrected chi connectivity index (χ2v) is 3.51. The fourth-order valence-corrected chi connectivity index (χ4v) is 1.62. The van der Waals surface area contributed by atoms with Crippen molar-refractivity contribution in [2.45, 2.75) is 0 Å². The van der Waals surface area contributed by atoms with Crippen molar-refractivity contribution < 1.29 is 9.90 Å². The van der Waals surface area contributed by atoms with Crippen LogP contribution < -0.4 is 5.73 Å². The first-order chi connectivity index (χ1) is 7.08. The molecule has 1 heterocycles. The Balaban J connectivity index is 2.79. The van der Waals surface area contributed by atoms with E-state index in [-0.39, 0.29) is 5.56 Å². The van der Waals surface area contributed by atoms with Crippen LogP contribution in [0.25, 0.3) is 10.9 Å². The number of pyridine rings is 1. The number of rotatable bonds is 1. The monoisotopic (exact) mass is 222 g/mol. The molecule has 0 aliphatic carbocycles. The molecule has 1 aromatic carbocycles. The highest BCUT2D eigenvalue weighted by Crippen LogP contribution is 2.24. The van der Waals surface area contributed by atoms with Gasteiger partial charge in [0.05, 0.1) is 28.0 Å². The van der Waals surface area contributed by atoms with Gasteiger partial charge in [-0.1, -0.05) is 11.6 Å². The molecule has 15 heavy (non-hydrogen) atoms. The number of aromatic carboxylic acids is 1. The zero-order chi connectivity index (χ0) is 11.0. The highest BCUT2D eigenvalue weighted by Gasteiger charge is 2.08. The molecule has 0 atom stereocenters. The summed E-state index contributed by atoms with van der Waals surface area (Å²) in [7, 11) is 0.